The molecule has 62 heavy (non-hydrogen) atoms. The van der Waals surface area contributed by atoms with Crippen molar-refractivity contribution in [3.05, 3.63) is 126 Å². The number of aromatic amines is 1. The first kappa shape index (κ1) is 44.3. The summed E-state index contributed by atoms with van der Waals surface area (Å²) in [6, 6.07) is 10.9. The number of fused-ring (bicyclic) bond motifs is 3. The van der Waals surface area contributed by atoms with Crippen LogP contribution in [0.3, 0.4) is 0 Å². The number of ketones is 2. The molecule has 0 saturated carbocycles. The first-order valence-corrected chi connectivity index (χ1v) is 22.0. The Bertz CT molecular complexity index is 2370. The van der Waals surface area contributed by atoms with Crippen molar-refractivity contribution in [2.45, 2.75) is 90.7 Å². The van der Waals surface area contributed by atoms with Crippen LogP contribution in [0.25, 0.3) is 10.8 Å². The van der Waals surface area contributed by atoms with E-state index in [9.17, 15) is 19.5 Å². The summed E-state index contributed by atoms with van der Waals surface area (Å²) in [5, 5.41) is 16.2. The molecule has 328 valence electrons. The van der Waals surface area contributed by atoms with E-state index >= 15 is 0 Å². The molecule has 7 rings (SSSR count). The van der Waals surface area contributed by atoms with Gasteiger partial charge in [0.25, 0.3) is 0 Å². The Morgan fingerprint density at radius 3 is 2.63 bits per heavy atom. The van der Waals surface area contributed by atoms with Crippen molar-refractivity contribution in [3.63, 3.8) is 0 Å². The van der Waals surface area contributed by atoms with Crippen molar-refractivity contribution in [2.75, 3.05) is 38.8 Å². The maximum Gasteiger partial charge on any atom is 0.302 e. The summed E-state index contributed by atoms with van der Waals surface area (Å²) in [5.41, 5.74) is 5.22. The van der Waals surface area contributed by atoms with Gasteiger partial charge in [-0.2, -0.15) is 0 Å². The third kappa shape index (κ3) is 10.3. The number of carbonyl (C=O) groups excluding carboxylic acids is 3. The number of rotatable bonds is 10. The predicted molar refractivity (Wildman–Crippen MR) is 243 cm³/mol. The monoisotopic (exact) mass is 842 g/mol. The SMILES string of the molecule is COCCCC1Cc2c[nH]cc2CC2(C=CC=CC2C)CCC(OC(C)=O)CC(=O)CC(c2ccc(O)c(OC)c2)n2cc3cccc(c3c2)N(CCC(C)=O)C2=CC1=CCN2. The van der Waals surface area contributed by atoms with Gasteiger partial charge in [-0.3, -0.25) is 14.4 Å². The molecule has 1 aliphatic carbocycles. The molecule has 0 amide bonds. The van der Waals surface area contributed by atoms with Crippen molar-refractivity contribution in [1.82, 2.24) is 14.9 Å². The first-order chi connectivity index (χ1) is 30.0. The zero-order valence-corrected chi connectivity index (χ0v) is 36.8. The molecule has 3 N–H and O–H groups in total. The summed E-state index contributed by atoms with van der Waals surface area (Å²) in [4.78, 5) is 45.4. The Balaban J connectivity index is 1.38. The number of phenols is 1. The number of anilines is 1. The Morgan fingerprint density at radius 1 is 1.02 bits per heavy atom. The van der Waals surface area contributed by atoms with Crippen molar-refractivity contribution in [2.24, 2.45) is 17.3 Å². The van der Waals surface area contributed by atoms with E-state index in [4.69, 9.17) is 14.2 Å². The molecule has 11 nitrogen and oxygen atoms in total. The van der Waals surface area contributed by atoms with Gasteiger partial charge in [0.05, 0.1) is 18.8 Å². The van der Waals surface area contributed by atoms with E-state index in [2.05, 4.69) is 100 Å². The van der Waals surface area contributed by atoms with Crippen LogP contribution >= 0.6 is 0 Å². The molecule has 2 aliphatic heterocycles. The van der Waals surface area contributed by atoms with Crippen LogP contribution in [-0.4, -0.2) is 72.2 Å². The van der Waals surface area contributed by atoms with E-state index in [-0.39, 0.29) is 47.4 Å². The Hall–Kier alpha value is -5.81. The molecular weight excluding hydrogens is 781 g/mol. The van der Waals surface area contributed by atoms with E-state index in [0.717, 1.165) is 53.5 Å². The lowest BCUT2D eigenvalue weighted by Gasteiger charge is -2.38. The number of nitrogens with one attached hydrogen (secondary N) is 2. The van der Waals surface area contributed by atoms with E-state index in [1.165, 1.54) is 30.7 Å². The van der Waals surface area contributed by atoms with Gasteiger partial charge >= 0.3 is 5.97 Å². The minimum absolute atomic E-state index is 0.00501. The van der Waals surface area contributed by atoms with Crippen LogP contribution in [0.1, 0.15) is 88.4 Å². The van der Waals surface area contributed by atoms with Crippen molar-refractivity contribution < 1.29 is 33.7 Å². The van der Waals surface area contributed by atoms with E-state index in [1.807, 2.05) is 12.1 Å². The lowest BCUT2D eigenvalue weighted by Crippen LogP contribution is -2.36. The van der Waals surface area contributed by atoms with Gasteiger partial charge in [-0.15, -0.1) is 0 Å². The summed E-state index contributed by atoms with van der Waals surface area (Å²) in [5.74, 6) is 1.28. The second-order valence-electron chi connectivity index (χ2n) is 17.4. The quantitative estimate of drug-likeness (QED) is 0.106. The summed E-state index contributed by atoms with van der Waals surface area (Å²) < 4.78 is 19.1. The van der Waals surface area contributed by atoms with Gasteiger partial charge in [0.15, 0.2) is 11.5 Å². The number of aromatic hydroxyl groups is 1. The molecule has 0 saturated heterocycles. The zero-order chi connectivity index (χ0) is 43.8. The second kappa shape index (κ2) is 19.9. The standard InChI is InChI=1S/C51H62N4O7/c1-34-10-6-7-19-51(34)20-16-44(62-36(3)57)27-43(58)28-47(39-14-15-48(59)49(25-39)61-5)54-32-40-11-8-13-46(45(40)33-54)55(22-18-35(2)56)50-26-38(17-21-53-50)37(12-9-23-60-4)24-41-30-52-31-42(41)29-51/h6-8,10-11,13-15,17,19,25-26,30-34,37,44,47,52-53,59H,9,12,16,18,20-24,27-29H2,1-5H3. The highest BCUT2D eigenvalue weighted by atomic mass is 16.5. The van der Waals surface area contributed by atoms with Crippen LogP contribution in [0.15, 0.2) is 109 Å². The molecule has 0 radical (unpaired) electrons. The number of hydrogen-bond donors (Lipinski definition) is 3. The van der Waals surface area contributed by atoms with Crippen LogP contribution < -0.4 is 15.0 Å². The minimum Gasteiger partial charge on any atom is -0.504 e. The number of allylic oxidation sites excluding steroid dienone is 6. The maximum atomic E-state index is 14.4. The molecule has 2 aromatic heterocycles. The average molecular weight is 843 g/mol. The van der Waals surface area contributed by atoms with Crippen molar-refractivity contribution >= 4 is 34.0 Å². The number of ether oxygens (including phenoxy) is 3. The number of nitrogens with zero attached hydrogens (tertiary/aromatic N) is 2. The smallest absolute Gasteiger partial charge is 0.302 e. The highest BCUT2D eigenvalue weighted by Crippen LogP contribution is 2.44. The normalized spacial score (nSPS) is 23.3. The van der Waals surface area contributed by atoms with Crippen molar-refractivity contribution in [3.8, 4) is 11.5 Å². The number of carbonyl (C=O) groups is 3. The molecule has 0 fully saturated rings. The number of hydrogen-bond acceptors (Lipinski definition) is 9. The fraction of sp³-hybridized carbons (Fsp3) is 0.431. The number of esters is 1. The molecular formula is C51H62N4O7. The highest BCUT2D eigenvalue weighted by Gasteiger charge is 2.37. The number of benzene rings is 2. The summed E-state index contributed by atoms with van der Waals surface area (Å²) in [6.45, 7) is 7.07. The Morgan fingerprint density at radius 2 is 1.85 bits per heavy atom. The first-order valence-electron chi connectivity index (χ1n) is 22.0. The van der Waals surface area contributed by atoms with Gasteiger partial charge in [-0.05, 0) is 109 Å². The van der Waals surface area contributed by atoms with Crippen molar-refractivity contribution in [1.29, 1.82) is 0 Å². The Kier molecular flexibility index (Phi) is 14.2. The van der Waals surface area contributed by atoms with Gasteiger partial charge < -0.3 is 39.1 Å². The molecule has 4 heterocycles. The van der Waals surface area contributed by atoms with Gasteiger partial charge in [-0.25, -0.2) is 0 Å². The number of aromatic nitrogens is 2. The zero-order valence-electron chi connectivity index (χ0n) is 36.8. The predicted octanol–water partition coefficient (Wildman–Crippen LogP) is 9.08. The molecule has 5 atom stereocenters. The summed E-state index contributed by atoms with van der Waals surface area (Å²) in [6.07, 6.45) is 26.4. The van der Waals surface area contributed by atoms with Crippen LogP contribution in [0.5, 0.6) is 11.5 Å². The minimum atomic E-state index is -0.611. The molecule has 5 unspecified atom stereocenters. The molecule has 4 aromatic rings. The molecule has 11 heteroatoms. The van der Waals surface area contributed by atoms with Gasteiger partial charge in [0.1, 0.15) is 23.5 Å². The fourth-order valence-corrected chi connectivity index (χ4v) is 9.65. The Labute approximate surface area is 365 Å². The molecule has 3 aliphatic rings. The highest BCUT2D eigenvalue weighted by molar-refractivity contribution is 5.95. The molecule has 4 bridgehead atoms. The van der Waals surface area contributed by atoms with Gasteiger partial charge in [0.2, 0.25) is 0 Å². The second-order valence-corrected chi connectivity index (χ2v) is 17.4. The fourth-order valence-electron chi connectivity index (χ4n) is 9.65. The van der Waals surface area contributed by atoms with E-state index in [0.29, 0.717) is 44.7 Å². The average Bonchev–Trinajstić information content (AvgIpc) is 3.89. The van der Waals surface area contributed by atoms with Crippen LogP contribution in [0.2, 0.25) is 0 Å². The molecule has 2 aromatic carbocycles. The van der Waals surface area contributed by atoms with E-state index in [1.54, 1.807) is 26.2 Å². The van der Waals surface area contributed by atoms with Crippen LogP contribution in [-0.2, 0) is 36.7 Å². The third-order valence-corrected chi connectivity index (χ3v) is 13.1. The maximum absolute atomic E-state index is 14.4. The van der Waals surface area contributed by atoms with Gasteiger partial charge in [-0.1, -0.05) is 55.5 Å². The van der Waals surface area contributed by atoms with Crippen LogP contribution in [0.4, 0.5) is 5.69 Å². The molecule has 1 spiro atoms. The lowest BCUT2D eigenvalue weighted by molar-refractivity contribution is -0.148. The third-order valence-electron chi connectivity index (χ3n) is 13.1. The van der Waals surface area contributed by atoms with Gasteiger partial charge in [0, 0.05) is 88.6 Å². The largest absolute Gasteiger partial charge is 0.504 e. The topological polar surface area (TPSA) is 135 Å². The number of phenolic OH excluding ortho intramolecular Hbond substituents is 1. The number of Topliss-reactive ketones (excluding diaryl/α,β-unsaturated/α-hetero) is 2. The summed E-state index contributed by atoms with van der Waals surface area (Å²) in [7, 11) is 3.26. The lowest BCUT2D eigenvalue weighted by atomic mass is 9.66. The van der Waals surface area contributed by atoms with Crippen LogP contribution in [0, 0.1) is 17.3 Å². The van der Waals surface area contributed by atoms with E-state index < -0.39 is 18.1 Å². The number of H-pyrrole nitrogens is 1. The summed E-state index contributed by atoms with van der Waals surface area (Å²) >= 11 is 0. The number of dihydropyridines is 1. The number of methoxy groups -OCH3 is 2.